The number of aryl methyl sites for hydroxylation is 3. The molecule has 6 fully saturated rings. The SMILES string of the molecule is C.CB(O)N[C@H]1C(=O)N(C(=O)[C@H](CN=CB=O)C(C)(C)NC(=O)c2ccc(C)cc2)C1(C)C.CB(O)N[C@H]1C(=O)N(C(=O)[C@H](CN=CB=O)[C@@H](C)NC(=O)c2ccc(C)cc2)[C@@H]1C.CC1(C)NC(=O)[C@@H]1CN=CB=O.C[C@@H]1NC(=O)[C@@H]1C.C[C@@H]1NC(=O)[C@@H]1CN=CB=O.C[Si](C)(C)[N-][Si](C)(C)C.C[Si](C)(C)[N-][Si](C)(C)C.C[Si](C)(C)[N-][Si](C)(C)C.Cc1ccc(C(=O)N[C@H](C)[C@H](C)C(=O)N2C(=O)[C@@H](C)[C@H]2C)cc1.[Li+].[Li+].[Li+]. The third-order valence-corrected chi connectivity index (χ3v) is 39.2. The van der Waals surface area contributed by atoms with Crippen LogP contribution < -0.4 is 98.9 Å². The van der Waals surface area contributed by atoms with E-state index in [0.717, 1.165) is 38.7 Å². The standard InChI is InChI=1S/C21H30B2N4O5.C19H26B2N4O5.C18H24N2O3.C7H11BN2O2.C6H9BN2O2.3C6H18NSi2.C5H9NO.CH4.3Li/c1-13-7-9-14(10-8-13)17(28)25-20(2,3)15(11-24-12-22-31)18(29)27-19(30)16(21(27,4)5)26-23(6)32;1-11-5-7-14(8-6-11)17(26)23-12(2)15(9-22-10-20-29)18(27)25-13(3)16(19(25)28)24-21(4)30;1-10-6-8-15(9-7-10)16(21)19-13(4)11(2)17(22)20-14(5)12(3)18(20)23;1-7(2)5(6(11)10-7)3-9-4-8-12;1-4-5(6(10)9-4)2-8-3-7-11;3*1-8(2,3)7-9(4,5)6;1-3-4(2)6-5(3)7;;;;/h7-10,12,15-16,26,32H,11H2,1-6H3,(H,25,28);5-8,10,12-13,15-16,24,30H,9H2,1-4H3,(H,23,26);6-9,11-14H,1-5H3,(H,19,21);4-5H,3H2,1-2H3,(H,10,11);3-5H,2H2,1H3,(H,9,10);3*1-6H3;3-4H,1-2H3,(H,6,7);1H4;;;/q;;;;;3*-1;;;3*+1/t15-,16-;12-,13-,15-,16-;11-,12-,13+,14+;5-;4-,5+;;;;3-,4+;;;;/m01000...1..../s1. The molecular weight excluding hydrogens is 1940 g/mol. The summed E-state index contributed by atoms with van der Waals surface area (Å²) in [4.78, 5) is 165. The molecular formula is C95H167B6Li3N18O18Si6. The topological polar surface area (TPSA) is 511 Å². The average molecular weight is 2100 g/mol. The summed E-state index contributed by atoms with van der Waals surface area (Å²) in [5, 5.41) is 41.2. The minimum Gasteiger partial charge on any atom is -0.668 e. The van der Waals surface area contributed by atoms with Crippen LogP contribution in [0.1, 0.15) is 159 Å². The van der Waals surface area contributed by atoms with Crippen LogP contribution in [0, 0.1) is 62.2 Å². The Morgan fingerprint density at radius 1 is 0.473 bits per heavy atom. The summed E-state index contributed by atoms with van der Waals surface area (Å²) in [6.45, 7) is 77.9. The fraction of sp³-hybridized carbons (Fsp3) is 0.642. The van der Waals surface area contributed by atoms with E-state index in [0.29, 0.717) is 64.4 Å². The molecule has 36 nitrogen and oxygen atoms in total. The van der Waals surface area contributed by atoms with Crippen LogP contribution >= 0.6 is 0 Å². The largest absolute Gasteiger partial charge is 1.00 e. The number of nitrogens with zero attached hydrogens (tertiary/aromatic N) is 10. The molecule has 6 aliphatic heterocycles. The van der Waals surface area contributed by atoms with Gasteiger partial charge in [-0.3, -0.25) is 24.1 Å². The predicted octanol–water partition coefficient (Wildman–Crippen LogP) is 1.86. The van der Waals surface area contributed by atoms with Crippen LogP contribution in [0.25, 0.3) is 13.9 Å². The number of imide groups is 3. The second-order valence-corrected chi connectivity index (χ2v) is 73.3. The molecule has 0 saturated carbocycles. The van der Waals surface area contributed by atoms with Gasteiger partial charge in [0.25, 0.3) is 5.91 Å². The first-order chi connectivity index (χ1) is 64.9. The van der Waals surface area contributed by atoms with Gasteiger partial charge in [-0.2, -0.15) is 0 Å². The molecule has 12 amide bonds. The Kier molecular flexibility index (Phi) is 64.4. The van der Waals surface area contributed by atoms with Gasteiger partial charge < -0.3 is 24.6 Å². The van der Waals surface area contributed by atoms with Crippen molar-refractivity contribution < 1.29 is 143 Å². The Morgan fingerprint density at radius 2 is 0.829 bits per heavy atom. The second-order valence-electron chi connectivity index (χ2n) is 44.6. The van der Waals surface area contributed by atoms with Crippen molar-refractivity contribution in [1.29, 1.82) is 0 Å². The van der Waals surface area contributed by atoms with Crippen LogP contribution in [-0.2, 0) is 62.0 Å². The van der Waals surface area contributed by atoms with Crippen LogP contribution in [0.3, 0.4) is 0 Å². The molecule has 0 aliphatic carbocycles. The summed E-state index contributed by atoms with van der Waals surface area (Å²) in [5.74, 6) is -5.16. The Balaban J connectivity index is -0.000000815. The van der Waals surface area contributed by atoms with Gasteiger partial charge in [0, 0.05) is 23.7 Å². The molecule has 0 spiro atoms. The van der Waals surface area contributed by atoms with E-state index < -0.39 is 140 Å². The van der Waals surface area contributed by atoms with Crippen molar-refractivity contribution in [2.24, 2.45) is 61.4 Å². The smallest absolute Gasteiger partial charge is 0.668 e. The molecule has 3 aromatic carbocycles. The Bertz CT molecular complexity index is 4800. The summed E-state index contributed by atoms with van der Waals surface area (Å²) in [6.07, 6.45) is 4.44. The van der Waals surface area contributed by atoms with Crippen molar-refractivity contribution in [3.63, 3.8) is 0 Å². The van der Waals surface area contributed by atoms with Gasteiger partial charge in [-0.15, -0.1) is 0 Å². The molecule has 9 rings (SSSR count). The molecule has 15 atom stereocenters. The van der Waals surface area contributed by atoms with Crippen molar-refractivity contribution >= 4 is 187 Å². The average Bonchev–Trinajstić information content (AvgIpc) is 0.720. The molecule has 0 unspecified atom stereocenters. The van der Waals surface area contributed by atoms with Gasteiger partial charge in [0.15, 0.2) is 0 Å². The van der Waals surface area contributed by atoms with Crippen molar-refractivity contribution in [3.05, 3.63) is 120 Å². The van der Waals surface area contributed by atoms with E-state index in [9.17, 15) is 86.4 Å². The summed E-state index contributed by atoms with van der Waals surface area (Å²) in [7, 11) is -6.22. The van der Waals surface area contributed by atoms with Gasteiger partial charge in [-0.1, -0.05) is 213 Å². The van der Waals surface area contributed by atoms with Gasteiger partial charge in [0.05, 0.1) is 17.8 Å². The van der Waals surface area contributed by atoms with Crippen LogP contribution in [0.4, 0.5) is 0 Å². The molecule has 3 aromatic rings. The summed E-state index contributed by atoms with van der Waals surface area (Å²) >= 11 is 0. The third kappa shape index (κ3) is 50.9. The molecule has 6 aliphatic rings. The zero-order valence-electron chi connectivity index (χ0n) is 94.6. The van der Waals surface area contributed by atoms with E-state index in [2.05, 4.69) is 180 Å². The fourth-order valence-electron chi connectivity index (χ4n) is 15.7. The van der Waals surface area contributed by atoms with Gasteiger partial charge in [0.2, 0.25) is 17.7 Å². The van der Waals surface area contributed by atoms with E-state index >= 15 is 0 Å². The van der Waals surface area contributed by atoms with E-state index in [1.807, 2.05) is 106 Å². The number of carbonyl (C=O) groups is 12. The Labute approximate surface area is 916 Å². The van der Waals surface area contributed by atoms with Crippen molar-refractivity contribution in [2.45, 2.75) is 328 Å². The Hall–Kier alpha value is -7.02. The summed E-state index contributed by atoms with van der Waals surface area (Å²) in [5.41, 5.74) is 2.40. The van der Waals surface area contributed by atoms with E-state index in [1.165, 1.54) is 30.8 Å². The van der Waals surface area contributed by atoms with E-state index in [4.69, 9.17) is 13.9 Å². The first-order valence-electron chi connectivity index (χ1n) is 48.4. The number of amides is 12. The number of aliphatic imine (C=N–C) groups is 4. The fourth-order valence-corrected chi connectivity index (χ4v) is 39.9. The number of β-lactam (4-membered cyclic amide) rings is 6. The van der Waals surface area contributed by atoms with Crippen molar-refractivity contribution in [3.8, 4) is 0 Å². The quantitative estimate of drug-likeness (QED) is 0.0232. The van der Waals surface area contributed by atoms with Crippen LogP contribution in [-0.4, -0.2) is 303 Å². The van der Waals surface area contributed by atoms with Crippen molar-refractivity contribution in [2.75, 3.05) is 26.2 Å². The first-order valence-corrected chi connectivity index (χ1v) is 69.1. The second kappa shape index (κ2) is 64.7. The van der Waals surface area contributed by atoms with Crippen LogP contribution in [0.15, 0.2) is 92.8 Å². The van der Waals surface area contributed by atoms with Crippen molar-refractivity contribution in [1.82, 2.24) is 57.1 Å². The molecule has 0 radical (unpaired) electrons. The normalized spacial score (nSPS) is 20.7. The van der Waals surface area contributed by atoms with Gasteiger partial charge in [-0.25, -0.2) is 0 Å². The zero-order valence-corrected chi connectivity index (χ0v) is 101. The number of hydrogen-bond donors (Lipinski definition) is 10. The number of hydrogen-bond acceptors (Lipinski definition) is 24. The maximum atomic E-state index is 13.5. The third-order valence-electron chi connectivity index (χ3n) is 23.1. The van der Waals surface area contributed by atoms with E-state index in [1.54, 1.807) is 91.8 Å². The van der Waals surface area contributed by atoms with Gasteiger partial charge in [0.1, 0.15) is 0 Å². The summed E-state index contributed by atoms with van der Waals surface area (Å²) in [6, 6.07) is 19.0. The maximum Gasteiger partial charge on any atom is 1.00 e. The monoisotopic (exact) mass is 2100 g/mol. The first kappa shape index (κ1) is 145. The number of nitrogens with one attached hydrogen (secondary N) is 8. The molecule has 51 heteroatoms. The van der Waals surface area contributed by atoms with Crippen LogP contribution in [0.2, 0.25) is 131 Å². The van der Waals surface area contributed by atoms with E-state index in [-0.39, 0.29) is 172 Å². The number of likely N-dealkylation sites (tertiary alicyclic amines) is 3. The zero-order chi connectivity index (χ0) is 110. The molecule has 6 saturated heterocycles. The molecule has 0 bridgehead atoms. The minimum absolute atomic E-state index is 0. The predicted molar refractivity (Wildman–Crippen MR) is 594 cm³/mol. The minimum atomic E-state index is -1.11. The molecule has 146 heavy (non-hydrogen) atoms. The molecule has 10 N–H and O–H groups in total. The molecule has 790 valence electrons. The van der Waals surface area contributed by atoms with Gasteiger partial charge >= 0.3 is 557 Å². The Morgan fingerprint density at radius 3 is 1.13 bits per heavy atom. The molecule has 0 aromatic heterocycles. The maximum absolute atomic E-state index is 13.5. The number of benzene rings is 3. The summed E-state index contributed by atoms with van der Waals surface area (Å²) < 4.78 is 55.4. The number of rotatable bonds is 34. The van der Waals surface area contributed by atoms with Gasteiger partial charge in [-0.05, 0) is 39.8 Å². The number of carbonyl (C=O) groups excluding carboxylic acids is 12. The van der Waals surface area contributed by atoms with Crippen LogP contribution in [0.5, 0.6) is 0 Å². The molecule has 6 heterocycles.